The smallest absolute Gasteiger partial charge is 0.200 e. The van der Waals surface area contributed by atoms with Gasteiger partial charge in [0.05, 0.1) is 5.56 Å². The lowest BCUT2D eigenvalue weighted by Gasteiger charge is -2.06. The summed E-state index contributed by atoms with van der Waals surface area (Å²) in [4.78, 5) is 4.41. The normalized spacial score (nSPS) is 11.2. The van der Waals surface area contributed by atoms with E-state index < -0.39 is 41.3 Å². The number of rotatable bonds is 5. The molecule has 99 valence electrons. The zero-order chi connectivity index (χ0) is 13.7. The molecule has 0 spiro atoms. The molecule has 0 fully saturated rings. The summed E-state index contributed by atoms with van der Waals surface area (Å²) in [6.45, 7) is 0.981. The number of hydrogen-bond donors (Lipinski definition) is 0. The average Bonchev–Trinajstić information content (AvgIpc) is 2.37. The van der Waals surface area contributed by atoms with Crippen molar-refractivity contribution in [3.05, 3.63) is 34.6 Å². The molecule has 1 aromatic rings. The van der Waals surface area contributed by atoms with Crippen molar-refractivity contribution in [1.82, 2.24) is 0 Å². The molecule has 0 aliphatic heterocycles. The van der Waals surface area contributed by atoms with E-state index in [1.165, 1.54) is 0 Å². The van der Waals surface area contributed by atoms with Gasteiger partial charge >= 0.3 is 0 Å². The van der Waals surface area contributed by atoms with E-state index in [2.05, 4.69) is 16.2 Å². The van der Waals surface area contributed by atoms with Crippen LogP contribution in [0.25, 0.3) is 0 Å². The molecule has 1 aromatic carbocycles. The first-order valence-electron chi connectivity index (χ1n) is 5.05. The number of halogens is 5. The van der Waals surface area contributed by atoms with Gasteiger partial charge in [0.1, 0.15) is 12.8 Å². The highest BCUT2D eigenvalue weighted by Crippen LogP contribution is 2.23. The predicted molar refractivity (Wildman–Crippen MR) is 53.4 cm³/mol. The van der Waals surface area contributed by atoms with Gasteiger partial charge in [-0.1, -0.05) is 18.5 Å². The average molecular weight is 266 g/mol. The Morgan fingerprint density at radius 3 is 1.94 bits per heavy atom. The lowest BCUT2D eigenvalue weighted by Crippen LogP contribution is -2.07. The van der Waals surface area contributed by atoms with Crippen LogP contribution in [-0.4, -0.2) is 6.21 Å². The minimum Gasteiger partial charge on any atom is -0.390 e. The third-order valence-electron chi connectivity index (χ3n) is 2.00. The highest BCUT2D eigenvalue weighted by Gasteiger charge is 2.25. The quantitative estimate of drug-likeness (QED) is 0.262. The molecule has 0 bridgehead atoms. The van der Waals surface area contributed by atoms with Gasteiger partial charge in [-0.3, -0.25) is 0 Å². The second-order valence-corrected chi connectivity index (χ2v) is 3.32. The molecule has 1 rings (SSSR count). The highest BCUT2D eigenvalue weighted by molar-refractivity contribution is 5.55. The van der Waals surface area contributed by atoms with E-state index in [0.717, 1.165) is 6.42 Å². The Morgan fingerprint density at radius 1 is 0.944 bits per heavy atom. The maximum absolute atomic E-state index is 13.1. The van der Waals surface area contributed by atoms with Gasteiger partial charge in [-0.25, -0.2) is 22.0 Å². The predicted octanol–water partition coefficient (Wildman–Crippen LogP) is 3.56. The Kier molecular flexibility index (Phi) is 5.06. The van der Waals surface area contributed by atoms with Crippen LogP contribution in [-0.2, 0) is 11.4 Å². The van der Waals surface area contributed by atoms with Crippen LogP contribution in [0.3, 0.4) is 0 Å². The van der Waals surface area contributed by atoms with Crippen LogP contribution in [0.1, 0.15) is 25.3 Å². The van der Waals surface area contributed by atoms with Gasteiger partial charge in [0.15, 0.2) is 23.3 Å². The van der Waals surface area contributed by atoms with E-state index in [-0.39, 0.29) is 0 Å². The van der Waals surface area contributed by atoms with Gasteiger partial charge in [0.2, 0.25) is 5.82 Å². The number of unbranched alkanes of at least 4 members (excludes halogenated alkanes) is 1. The van der Waals surface area contributed by atoms with E-state index in [0.29, 0.717) is 6.42 Å². The van der Waals surface area contributed by atoms with Gasteiger partial charge < -0.3 is 4.84 Å². The fraction of sp³-hybridized carbons (Fsp3) is 0.364. The molecule has 18 heavy (non-hydrogen) atoms. The standard InChI is InChI=1S/C11H9F5NO/c1-2-3-4-17-18-5-6-7(12)9(14)11(16)10(15)8(6)13/h2-3,5H2,1H3. The summed E-state index contributed by atoms with van der Waals surface area (Å²) in [6.07, 6.45) is 3.57. The van der Waals surface area contributed by atoms with Crippen LogP contribution < -0.4 is 0 Å². The van der Waals surface area contributed by atoms with Crippen molar-refractivity contribution >= 4 is 6.21 Å². The summed E-state index contributed by atoms with van der Waals surface area (Å²) >= 11 is 0. The van der Waals surface area contributed by atoms with Gasteiger partial charge in [0.25, 0.3) is 0 Å². The Morgan fingerprint density at radius 2 is 1.44 bits per heavy atom. The molecule has 7 heteroatoms. The minimum absolute atomic E-state index is 0.455. The van der Waals surface area contributed by atoms with Crippen LogP contribution >= 0.6 is 0 Å². The largest absolute Gasteiger partial charge is 0.390 e. The Bertz CT molecular complexity index is 432. The minimum atomic E-state index is -2.20. The molecule has 0 saturated carbocycles. The van der Waals surface area contributed by atoms with Crippen LogP contribution in [0.15, 0.2) is 5.16 Å². The molecular formula is C11H9F5NO. The molecule has 0 aliphatic carbocycles. The zero-order valence-electron chi connectivity index (χ0n) is 9.37. The first-order valence-corrected chi connectivity index (χ1v) is 5.05. The highest BCUT2D eigenvalue weighted by atomic mass is 19.2. The summed E-state index contributed by atoms with van der Waals surface area (Å²) < 4.78 is 64.5. The molecule has 0 aliphatic rings. The Hall–Kier alpha value is -1.66. The molecule has 1 radical (unpaired) electrons. The summed E-state index contributed by atoms with van der Waals surface area (Å²) in [7, 11) is 0. The van der Waals surface area contributed by atoms with Crippen molar-refractivity contribution in [3.8, 4) is 0 Å². The molecular weight excluding hydrogens is 257 g/mol. The molecule has 0 saturated heterocycles. The summed E-state index contributed by atoms with van der Waals surface area (Å²) in [5.74, 6) is -10.0. The summed E-state index contributed by atoms with van der Waals surface area (Å²) in [5, 5.41) is 3.20. The van der Waals surface area contributed by atoms with E-state index in [1.807, 2.05) is 6.92 Å². The number of hydrogen-bond acceptors (Lipinski definition) is 2. The molecule has 2 nitrogen and oxygen atoms in total. The molecule has 0 heterocycles. The van der Waals surface area contributed by atoms with Gasteiger partial charge in [0, 0.05) is 0 Å². The number of benzene rings is 1. The van der Waals surface area contributed by atoms with Crippen molar-refractivity contribution in [2.24, 2.45) is 5.16 Å². The third kappa shape index (κ3) is 2.96. The molecule has 0 N–H and O–H groups in total. The molecule has 0 atom stereocenters. The third-order valence-corrected chi connectivity index (χ3v) is 2.00. The van der Waals surface area contributed by atoms with E-state index in [9.17, 15) is 22.0 Å². The van der Waals surface area contributed by atoms with E-state index in [1.54, 1.807) is 0 Å². The van der Waals surface area contributed by atoms with Crippen LogP contribution in [0.5, 0.6) is 0 Å². The Balaban J connectivity index is 2.89. The van der Waals surface area contributed by atoms with Crippen molar-refractivity contribution in [2.75, 3.05) is 0 Å². The summed E-state index contributed by atoms with van der Waals surface area (Å²) in [6, 6.07) is 0. The second-order valence-electron chi connectivity index (χ2n) is 3.32. The van der Waals surface area contributed by atoms with Crippen LogP contribution in [0, 0.1) is 29.1 Å². The lowest BCUT2D eigenvalue weighted by atomic mass is 10.2. The van der Waals surface area contributed by atoms with Crippen molar-refractivity contribution in [3.63, 3.8) is 0 Å². The van der Waals surface area contributed by atoms with E-state index in [4.69, 9.17) is 0 Å². The second kappa shape index (κ2) is 6.32. The van der Waals surface area contributed by atoms with Crippen molar-refractivity contribution < 1.29 is 26.8 Å². The maximum Gasteiger partial charge on any atom is 0.200 e. The topological polar surface area (TPSA) is 21.6 Å². The van der Waals surface area contributed by atoms with E-state index >= 15 is 0 Å². The summed E-state index contributed by atoms with van der Waals surface area (Å²) in [5.41, 5.74) is -1.06. The first kappa shape index (κ1) is 14.4. The van der Waals surface area contributed by atoms with Gasteiger partial charge in [-0.15, -0.1) is 0 Å². The van der Waals surface area contributed by atoms with Gasteiger partial charge in [-0.05, 0) is 6.42 Å². The number of nitrogens with zero attached hydrogens (tertiary/aromatic N) is 1. The zero-order valence-corrected chi connectivity index (χ0v) is 9.37. The van der Waals surface area contributed by atoms with Crippen LogP contribution in [0.4, 0.5) is 22.0 Å². The first-order chi connectivity index (χ1) is 8.50. The monoisotopic (exact) mass is 266 g/mol. The molecule has 0 amide bonds. The fourth-order valence-electron chi connectivity index (χ4n) is 1.08. The Labute approximate surface area is 100 Å². The lowest BCUT2D eigenvalue weighted by molar-refractivity contribution is 0.124. The SMILES string of the molecule is CCC/[C]=N/OCc1c(F)c(F)c(F)c(F)c1F. The van der Waals surface area contributed by atoms with Gasteiger partial charge in [-0.2, -0.15) is 0 Å². The van der Waals surface area contributed by atoms with Crippen LogP contribution in [0.2, 0.25) is 0 Å². The maximum atomic E-state index is 13.1. The fourth-order valence-corrected chi connectivity index (χ4v) is 1.08. The van der Waals surface area contributed by atoms with Crippen molar-refractivity contribution in [1.29, 1.82) is 0 Å². The molecule has 0 unspecified atom stereocenters. The van der Waals surface area contributed by atoms with Crippen molar-refractivity contribution in [2.45, 2.75) is 26.4 Å². The molecule has 0 aromatic heterocycles.